The Hall–Kier alpha value is -2.02. The van der Waals surface area contributed by atoms with Crippen molar-refractivity contribution in [3.63, 3.8) is 0 Å². The first-order valence-corrected chi connectivity index (χ1v) is 9.52. The van der Waals surface area contributed by atoms with Gasteiger partial charge in [0, 0.05) is 17.5 Å². The van der Waals surface area contributed by atoms with Gasteiger partial charge in [-0.25, -0.2) is 0 Å². The van der Waals surface area contributed by atoms with Crippen LogP contribution in [0.5, 0.6) is 5.75 Å². The summed E-state index contributed by atoms with van der Waals surface area (Å²) < 4.78 is 6.51. The molecular weight excluding hydrogens is 304 g/mol. The molecule has 25 heavy (non-hydrogen) atoms. The molecule has 4 rings (SSSR count). The molecule has 1 radical (unpaired) electrons. The van der Waals surface area contributed by atoms with Gasteiger partial charge in [0.25, 0.3) is 0 Å². The van der Waals surface area contributed by atoms with Crippen molar-refractivity contribution in [2.75, 3.05) is 0 Å². The van der Waals surface area contributed by atoms with Crippen LogP contribution in [-0.2, 0) is 12.0 Å². The summed E-state index contributed by atoms with van der Waals surface area (Å²) in [5.74, 6) is 1.05. The van der Waals surface area contributed by atoms with Crippen LogP contribution >= 0.6 is 0 Å². The lowest BCUT2D eigenvalue weighted by atomic mass is 9.82. The minimum Gasteiger partial charge on any atom is -0.482 e. The molecule has 1 heterocycles. The Bertz CT molecular complexity index is 855. The van der Waals surface area contributed by atoms with Gasteiger partial charge in [-0.2, -0.15) is 0 Å². The number of aryl methyl sites for hydroxylation is 2. The zero-order valence-corrected chi connectivity index (χ0v) is 15.8. The van der Waals surface area contributed by atoms with Gasteiger partial charge in [0.1, 0.15) is 11.4 Å². The van der Waals surface area contributed by atoms with Crippen molar-refractivity contribution in [1.82, 2.24) is 0 Å². The lowest BCUT2D eigenvalue weighted by Crippen LogP contribution is -2.29. The van der Waals surface area contributed by atoms with Gasteiger partial charge in [-0.1, -0.05) is 55.7 Å². The van der Waals surface area contributed by atoms with Crippen LogP contribution in [0.4, 0.5) is 0 Å². The summed E-state index contributed by atoms with van der Waals surface area (Å²) in [5, 5.41) is 0. The molecule has 0 unspecified atom stereocenters. The Morgan fingerprint density at radius 2 is 1.80 bits per heavy atom. The van der Waals surface area contributed by atoms with E-state index in [1.165, 1.54) is 58.2 Å². The number of ether oxygens (including phenoxy) is 1. The van der Waals surface area contributed by atoms with Crippen LogP contribution in [0, 0.1) is 13.3 Å². The minimum absolute atomic E-state index is 0.295. The lowest BCUT2D eigenvalue weighted by molar-refractivity contribution is 0.105. The summed E-state index contributed by atoms with van der Waals surface area (Å²) in [6.07, 6.45) is 9.34. The average molecular weight is 331 g/mol. The fourth-order valence-corrected chi connectivity index (χ4v) is 3.92. The third-order valence-corrected chi connectivity index (χ3v) is 5.33. The first-order chi connectivity index (χ1) is 12.0. The molecule has 2 aromatic carbocycles. The molecule has 0 aromatic heterocycles. The average Bonchev–Trinajstić information content (AvgIpc) is 3.38. The zero-order chi connectivity index (χ0) is 17.6. The number of benzene rings is 2. The number of allylic oxidation sites excluding steroid dienone is 2. The van der Waals surface area contributed by atoms with Crippen LogP contribution in [-0.4, -0.2) is 0 Å². The van der Waals surface area contributed by atoms with E-state index in [-0.39, 0.29) is 5.60 Å². The van der Waals surface area contributed by atoms with Crippen molar-refractivity contribution in [2.45, 2.75) is 59.0 Å². The SMILES string of the molecule is CCCCCc1cc2c(c(C3=C[CH]3)c1)-c1cc(C)ccc1C(C)(C)O2. The second-order valence-corrected chi connectivity index (χ2v) is 7.92. The normalized spacial score (nSPS) is 16.6. The van der Waals surface area contributed by atoms with Crippen molar-refractivity contribution >= 4 is 5.57 Å². The molecule has 0 spiro atoms. The standard InChI is InChI=1S/C24H27O/c1-5-6-7-8-17-14-19(18-10-11-18)23-20-13-16(2)9-12-21(20)24(3,4)25-22(23)15-17/h9-15H,5-8H2,1-4H3. The van der Waals surface area contributed by atoms with Gasteiger partial charge in [-0.15, -0.1) is 0 Å². The van der Waals surface area contributed by atoms with Crippen LogP contribution in [0.2, 0.25) is 0 Å². The molecule has 2 aromatic rings. The fraction of sp³-hybridized carbons (Fsp3) is 0.375. The van der Waals surface area contributed by atoms with E-state index >= 15 is 0 Å². The summed E-state index contributed by atoms with van der Waals surface area (Å²) in [5.41, 5.74) is 8.99. The topological polar surface area (TPSA) is 9.23 Å². The monoisotopic (exact) mass is 331 g/mol. The maximum Gasteiger partial charge on any atom is 0.129 e. The Kier molecular flexibility index (Phi) is 3.98. The number of unbranched alkanes of at least 4 members (excludes halogenated alkanes) is 2. The van der Waals surface area contributed by atoms with Gasteiger partial charge in [-0.3, -0.25) is 0 Å². The number of hydrogen-bond donors (Lipinski definition) is 0. The van der Waals surface area contributed by atoms with Gasteiger partial charge in [0.05, 0.1) is 0 Å². The molecule has 1 aliphatic heterocycles. The molecule has 0 bridgehead atoms. The highest BCUT2D eigenvalue weighted by atomic mass is 16.5. The van der Waals surface area contributed by atoms with Crippen LogP contribution in [0.1, 0.15) is 62.3 Å². The first-order valence-electron chi connectivity index (χ1n) is 9.52. The van der Waals surface area contributed by atoms with E-state index in [1.54, 1.807) is 0 Å². The molecule has 1 nitrogen and oxygen atoms in total. The zero-order valence-electron chi connectivity index (χ0n) is 15.8. The Labute approximate surface area is 151 Å². The number of fused-ring (bicyclic) bond motifs is 3. The lowest BCUT2D eigenvalue weighted by Gasteiger charge is -2.36. The molecule has 0 saturated heterocycles. The molecular formula is C24H27O. The maximum absolute atomic E-state index is 6.51. The van der Waals surface area contributed by atoms with E-state index in [2.05, 4.69) is 70.5 Å². The summed E-state index contributed by atoms with van der Waals surface area (Å²) in [7, 11) is 0. The van der Waals surface area contributed by atoms with Crippen molar-refractivity contribution in [1.29, 1.82) is 0 Å². The smallest absolute Gasteiger partial charge is 0.129 e. The van der Waals surface area contributed by atoms with E-state index in [4.69, 9.17) is 4.74 Å². The minimum atomic E-state index is -0.295. The highest BCUT2D eigenvalue weighted by Gasteiger charge is 2.35. The summed E-state index contributed by atoms with van der Waals surface area (Å²) in [6, 6.07) is 11.4. The largest absolute Gasteiger partial charge is 0.482 e. The van der Waals surface area contributed by atoms with E-state index < -0.39 is 0 Å². The Balaban J connectivity index is 1.87. The third-order valence-electron chi connectivity index (χ3n) is 5.33. The maximum atomic E-state index is 6.51. The predicted molar refractivity (Wildman–Crippen MR) is 106 cm³/mol. The van der Waals surface area contributed by atoms with E-state index in [0.29, 0.717) is 0 Å². The molecule has 2 aliphatic rings. The van der Waals surface area contributed by atoms with Gasteiger partial charge in [0.15, 0.2) is 0 Å². The van der Waals surface area contributed by atoms with E-state index in [9.17, 15) is 0 Å². The molecule has 1 heteroatoms. The second-order valence-electron chi connectivity index (χ2n) is 7.92. The van der Waals surface area contributed by atoms with Crippen LogP contribution in [0.3, 0.4) is 0 Å². The Morgan fingerprint density at radius 1 is 1.00 bits per heavy atom. The fourth-order valence-electron chi connectivity index (χ4n) is 3.92. The van der Waals surface area contributed by atoms with Crippen LogP contribution < -0.4 is 4.74 Å². The van der Waals surface area contributed by atoms with Crippen molar-refractivity contribution in [3.05, 3.63) is 65.1 Å². The highest BCUT2D eigenvalue weighted by molar-refractivity contribution is 5.97. The molecule has 129 valence electrons. The first kappa shape index (κ1) is 16.4. The summed E-state index contributed by atoms with van der Waals surface area (Å²) in [6.45, 7) is 8.78. The van der Waals surface area contributed by atoms with Crippen molar-refractivity contribution in [3.8, 4) is 16.9 Å². The molecule has 0 fully saturated rings. The van der Waals surface area contributed by atoms with Crippen LogP contribution in [0.25, 0.3) is 16.7 Å². The molecule has 1 aliphatic carbocycles. The van der Waals surface area contributed by atoms with Crippen molar-refractivity contribution < 1.29 is 4.74 Å². The summed E-state index contributed by atoms with van der Waals surface area (Å²) in [4.78, 5) is 0. The number of rotatable bonds is 5. The molecule has 0 saturated carbocycles. The quantitative estimate of drug-likeness (QED) is 0.559. The molecule has 0 atom stereocenters. The predicted octanol–water partition coefficient (Wildman–Crippen LogP) is 6.62. The van der Waals surface area contributed by atoms with Gasteiger partial charge in [0.2, 0.25) is 0 Å². The van der Waals surface area contributed by atoms with Gasteiger partial charge < -0.3 is 4.74 Å². The molecule has 0 N–H and O–H groups in total. The van der Waals surface area contributed by atoms with E-state index in [0.717, 1.165) is 12.2 Å². The van der Waals surface area contributed by atoms with Crippen LogP contribution in [0.15, 0.2) is 36.4 Å². The Morgan fingerprint density at radius 3 is 2.52 bits per heavy atom. The summed E-state index contributed by atoms with van der Waals surface area (Å²) >= 11 is 0. The van der Waals surface area contributed by atoms with Gasteiger partial charge in [-0.05, 0) is 61.9 Å². The third kappa shape index (κ3) is 3.01. The van der Waals surface area contributed by atoms with Gasteiger partial charge >= 0.3 is 0 Å². The second kappa shape index (κ2) is 6.05. The van der Waals surface area contributed by atoms with E-state index in [1.807, 2.05) is 0 Å². The molecule has 0 amide bonds. The number of hydrogen-bond acceptors (Lipinski definition) is 1. The van der Waals surface area contributed by atoms with Crippen molar-refractivity contribution in [2.24, 2.45) is 0 Å². The highest BCUT2D eigenvalue weighted by Crippen LogP contribution is 2.50.